The summed E-state index contributed by atoms with van der Waals surface area (Å²) in [5, 5.41) is 3.46. The number of aromatic nitrogens is 2. The molecule has 1 aromatic rings. The lowest BCUT2D eigenvalue weighted by Gasteiger charge is -2.13. The Hall–Kier alpha value is -0.400. The van der Waals surface area contributed by atoms with Gasteiger partial charge in [-0.2, -0.15) is 0 Å². The van der Waals surface area contributed by atoms with E-state index in [1.54, 1.807) is 0 Å². The lowest BCUT2D eigenvalue weighted by molar-refractivity contribution is 0.663. The molecule has 0 amide bonds. The van der Waals surface area contributed by atoms with E-state index in [1.807, 2.05) is 19.4 Å². The van der Waals surface area contributed by atoms with Crippen molar-refractivity contribution in [2.45, 2.75) is 20.4 Å². The van der Waals surface area contributed by atoms with Crippen LogP contribution in [0, 0.1) is 0 Å². The molecule has 0 aliphatic heterocycles. The second-order valence-corrected chi connectivity index (χ2v) is 6.71. The molecule has 1 N–H and O–H groups in total. The first kappa shape index (κ1) is 12.7. The molecule has 0 fully saturated rings. The monoisotopic (exact) mass is 227 g/mol. The van der Waals surface area contributed by atoms with E-state index < -0.39 is 0 Å². The average molecular weight is 227 g/mol. The zero-order valence-corrected chi connectivity index (χ0v) is 10.9. The van der Waals surface area contributed by atoms with E-state index in [0.717, 1.165) is 18.9 Å². The minimum Gasteiger partial charge on any atom is -0.337 e. The minimum absolute atomic E-state index is 0.277. The largest absolute Gasteiger partial charge is 0.337 e. The summed E-state index contributed by atoms with van der Waals surface area (Å²) >= 11 is 0. The van der Waals surface area contributed by atoms with Gasteiger partial charge in [-0.15, -0.1) is 7.92 Å². The van der Waals surface area contributed by atoms with Gasteiger partial charge in [0.15, 0.2) is 0 Å². The van der Waals surface area contributed by atoms with Gasteiger partial charge in [0, 0.05) is 19.4 Å². The van der Waals surface area contributed by atoms with Crippen molar-refractivity contribution in [2.75, 3.05) is 25.0 Å². The Balaban J connectivity index is 2.14. The maximum absolute atomic E-state index is 4.28. The number of hydrogen-bond donors (Lipinski definition) is 1. The molecule has 15 heavy (non-hydrogen) atoms. The van der Waals surface area contributed by atoms with Crippen LogP contribution in [-0.2, 0) is 13.6 Å². The fraction of sp³-hybridized carbons (Fsp3) is 0.727. The lowest BCUT2D eigenvalue weighted by atomic mass is 10.5. The predicted octanol–water partition coefficient (Wildman–Crippen LogP) is 2.03. The van der Waals surface area contributed by atoms with Crippen LogP contribution >= 0.6 is 7.92 Å². The van der Waals surface area contributed by atoms with E-state index in [4.69, 9.17) is 0 Å². The summed E-state index contributed by atoms with van der Waals surface area (Å²) in [5.74, 6) is 1.12. The van der Waals surface area contributed by atoms with Crippen molar-refractivity contribution < 1.29 is 0 Å². The summed E-state index contributed by atoms with van der Waals surface area (Å²) in [4.78, 5) is 4.28. The fourth-order valence-corrected chi connectivity index (χ4v) is 3.10. The van der Waals surface area contributed by atoms with Crippen molar-refractivity contribution >= 4 is 7.92 Å². The van der Waals surface area contributed by atoms with Gasteiger partial charge in [-0.05, 0) is 25.0 Å². The van der Waals surface area contributed by atoms with Crippen molar-refractivity contribution in [2.24, 2.45) is 7.05 Å². The molecule has 0 unspecified atom stereocenters. The summed E-state index contributed by atoms with van der Waals surface area (Å²) in [6.45, 7) is 6.61. The molecule has 0 saturated carbocycles. The van der Waals surface area contributed by atoms with Crippen LogP contribution in [0.15, 0.2) is 12.4 Å². The number of nitrogens with one attached hydrogen (secondary N) is 1. The highest BCUT2D eigenvalue weighted by molar-refractivity contribution is 7.57. The Labute approximate surface area is 94.0 Å². The van der Waals surface area contributed by atoms with Gasteiger partial charge in [0.1, 0.15) is 5.82 Å². The van der Waals surface area contributed by atoms with Crippen molar-refractivity contribution in [3.63, 3.8) is 0 Å². The van der Waals surface area contributed by atoms with Gasteiger partial charge in [0.2, 0.25) is 0 Å². The molecule has 1 aromatic heterocycles. The topological polar surface area (TPSA) is 29.9 Å². The van der Waals surface area contributed by atoms with Crippen LogP contribution < -0.4 is 5.32 Å². The van der Waals surface area contributed by atoms with E-state index in [2.05, 4.69) is 28.7 Å². The van der Waals surface area contributed by atoms with Gasteiger partial charge >= 0.3 is 0 Å². The molecule has 0 aromatic carbocycles. The van der Waals surface area contributed by atoms with Crippen LogP contribution in [0.1, 0.15) is 19.7 Å². The Bertz CT molecular complexity index is 269. The van der Waals surface area contributed by atoms with E-state index in [-0.39, 0.29) is 7.92 Å². The van der Waals surface area contributed by atoms with Crippen LogP contribution in [0.4, 0.5) is 0 Å². The molecule has 0 atom stereocenters. The van der Waals surface area contributed by atoms with Crippen molar-refractivity contribution in [3.05, 3.63) is 18.2 Å². The van der Waals surface area contributed by atoms with Crippen LogP contribution in [0.25, 0.3) is 0 Å². The van der Waals surface area contributed by atoms with Crippen LogP contribution in [-0.4, -0.2) is 34.6 Å². The standard InChI is InChI=1S/C11H22N3P/c1-4-15(5-2)9-7-12-10-11-13-6-8-14(11)3/h6,8,12H,4-5,7,9-10H2,1-3H3. The van der Waals surface area contributed by atoms with E-state index in [9.17, 15) is 0 Å². The van der Waals surface area contributed by atoms with Gasteiger partial charge in [-0.1, -0.05) is 13.8 Å². The number of imidazole rings is 1. The van der Waals surface area contributed by atoms with Crippen LogP contribution in [0.5, 0.6) is 0 Å². The molecule has 1 heterocycles. The van der Waals surface area contributed by atoms with Gasteiger partial charge in [0.05, 0.1) is 6.54 Å². The first-order chi connectivity index (χ1) is 7.27. The number of aryl methyl sites for hydroxylation is 1. The molecule has 0 bridgehead atoms. The summed E-state index contributed by atoms with van der Waals surface area (Å²) in [5.41, 5.74) is 0. The molecule has 1 rings (SSSR count). The van der Waals surface area contributed by atoms with Crippen molar-refractivity contribution in [1.82, 2.24) is 14.9 Å². The Morgan fingerprint density at radius 2 is 2.13 bits per heavy atom. The minimum atomic E-state index is 0.277. The van der Waals surface area contributed by atoms with E-state index in [1.165, 1.54) is 18.5 Å². The van der Waals surface area contributed by atoms with E-state index in [0.29, 0.717) is 0 Å². The fourth-order valence-electron chi connectivity index (χ4n) is 1.54. The average Bonchev–Trinajstić information content (AvgIpc) is 2.65. The van der Waals surface area contributed by atoms with E-state index >= 15 is 0 Å². The van der Waals surface area contributed by atoms with Crippen LogP contribution in [0.3, 0.4) is 0 Å². The summed E-state index contributed by atoms with van der Waals surface area (Å²) in [6, 6.07) is 0. The highest BCUT2D eigenvalue weighted by atomic mass is 31.1. The maximum Gasteiger partial charge on any atom is 0.122 e. The lowest BCUT2D eigenvalue weighted by Crippen LogP contribution is -2.19. The zero-order valence-electron chi connectivity index (χ0n) is 10.0. The molecular weight excluding hydrogens is 205 g/mol. The number of rotatable bonds is 7. The second-order valence-electron chi connectivity index (χ2n) is 3.66. The smallest absolute Gasteiger partial charge is 0.122 e. The maximum atomic E-state index is 4.28. The van der Waals surface area contributed by atoms with Crippen molar-refractivity contribution in [3.8, 4) is 0 Å². The third-order valence-electron chi connectivity index (χ3n) is 2.70. The number of nitrogens with zero attached hydrogens (tertiary/aromatic N) is 2. The summed E-state index contributed by atoms with van der Waals surface area (Å²) in [6.07, 6.45) is 7.89. The second kappa shape index (κ2) is 6.97. The molecular formula is C11H22N3P. The first-order valence-electron chi connectivity index (χ1n) is 5.67. The third kappa shape index (κ3) is 4.31. The highest BCUT2D eigenvalue weighted by Gasteiger charge is 2.02. The summed E-state index contributed by atoms with van der Waals surface area (Å²) < 4.78 is 2.06. The van der Waals surface area contributed by atoms with Crippen molar-refractivity contribution in [1.29, 1.82) is 0 Å². The molecule has 86 valence electrons. The first-order valence-corrected chi connectivity index (χ1v) is 7.57. The Morgan fingerprint density at radius 1 is 1.40 bits per heavy atom. The molecule has 0 spiro atoms. The number of hydrogen-bond acceptors (Lipinski definition) is 2. The van der Waals surface area contributed by atoms with Crippen LogP contribution in [0.2, 0.25) is 0 Å². The molecule has 0 radical (unpaired) electrons. The molecule has 0 aliphatic rings. The highest BCUT2D eigenvalue weighted by Crippen LogP contribution is 2.32. The summed E-state index contributed by atoms with van der Waals surface area (Å²) in [7, 11) is 2.31. The van der Waals surface area contributed by atoms with Gasteiger partial charge < -0.3 is 9.88 Å². The Kier molecular flexibility index (Phi) is 5.89. The normalized spacial score (nSPS) is 11.2. The zero-order chi connectivity index (χ0) is 11.1. The Morgan fingerprint density at radius 3 is 2.67 bits per heavy atom. The molecule has 0 saturated heterocycles. The van der Waals surface area contributed by atoms with Gasteiger partial charge in [-0.25, -0.2) is 4.98 Å². The molecule has 3 nitrogen and oxygen atoms in total. The molecule has 4 heteroatoms. The molecule has 0 aliphatic carbocycles. The van der Waals surface area contributed by atoms with Gasteiger partial charge in [-0.3, -0.25) is 0 Å². The quantitative estimate of drug-likeness (QED) is 0.570. The third-order valence-corrected chi connectivity index (χ3v) is 5.35. The van der Waals surface area contributed by atoms with Gasteiger partial charge in [0.25, 0.3) is 0 Å². The predicted molar refractivity (Wildman–Crippen MR) is 67.8 cm³/mol. The SMILES string of the molecule is CCP(CC)CCNCc1nccn1C.